The van der Waals surface area contributed by atoms with Gasteiger partial charge in [0.1, 0.15) is 0 Å². The van der Waals surface area contributed by atoms with Crippen LogP contribution in [0, 0.1) is 0 Å². The van der Waals surface area contributed by atoms with Crippen molar-refractivity contribution in [3.05, 3.63) is 28.8 Å². The van der Waals surface area contributed by atoms with Gasteiger partial charge in [0.15, 0.2) is 4.75 Å². The largest absolute Gasteiger partial charge is 0.478 e. The van der Waals surface area contributed by atoms with Crippen molar-refractivity contribution in [2.45, 2.75) is 18.6 Å². The molecular formula is C11H10ClNO5S. The average molecular weight is 304 g/mol. The fourth-order valence-electron chi connectivity index (χ4n) is 1.72. The number of carboxylic acid groups (broad SMARTS) is 1. The van der Waals surface area contributed by atoms with E-state index in [1.807, 2.05) is 0 Å². The molecule has 1 fully saturated rings. The Kier molecular flexibility index (Phi) is 2.87. The van der Waals surface area contributed by atoms with Gasteiger partial charge in [-0.3, -0.25) is 4.79 Å². The predicted octanol–water partition coefficient (Wildman–Crippen LogP) is 1.49. The van der Waals surface area contributed by atoms with Crippen LogP contribution >= 0.6 is 11.6 Å². The summed E-state index contributed by atoms with van der Waals surface area (Å²) in [4.78, 5) is 22.7. The Morgan fingerprint density at radius 1 is 1.32 bits per heavy atom. The summed E-state index contributed by atoms with van der Waals surface area (Å²) in [7, 11) is -3.83. The third-order valence-electron chi connectivity index (χ3n) is 2.95. The molecule has 1 N–H and O–H groups in total. The molecule has 0 bridgehead atoms. The molecule has 0 spiro atoms. The molecule has 1 saturated heterocycles. The normalized spacial score (nSPS) is 19.9. The summed E-state index contributed by atoms with van der Waals surface area (Å²) in [5.74, 6) is -1.88. The van der Waals surface area contributed by atoms with Crippen LogP contribution in [0.3, 0.4) is 0 Å². The number of rotatable bonds is 2. The lowest BCUT2D eigenvalue weighted by Crippen LogP contribution is -2.67. The minimum Gasteiger partial charge on any atom is -0.478 e. The van der Waals surface area contributed by atoms with Crippen LogP contribution in [0.4, 0.5) is 5.69 Å². The number of sulfonamides is 1. The molecule has 0 unspecified atom stereocenters. The Hall–Kier alpha value is -1.60. The highest BCUT2D eigenvalue weighted by molar-refractivity contribution is 7.98. The van der Waals surface area contributed by atoms with Gasteiger partial charge in [-0.15, -0.1) is 0 Å². The van der Waals surface area contributed by atoms with Gasteiger partial charge in [0.25, 0.3) is 15.9 Å². The topological polar surface area (TPSA) is 91.8 Å². The summed E-state index contributed by atoms with van der Waals surface area (Å²) >= 11 is 5.73. The maximum atomic E-state index is 12.0. The van der Waals surface area contributed by atoms with E-state index in [0.717, 1.165) is 6.07 Å². The summed E-state index contributed by atoms with van der Waals surface area (Å²) in [6.45, 7) is 2.59. The first kappa shape index (κ1) is 13.8. The van der Waals surface area contributed by atoms with E-state index in [9.17, 15) is 18.0 Å². The highest BCUT2D eigenvalue weighted by Crippen LogP contribution is 2.40. The van der Waals surface area contributed by atoms with Crippen molar-refractivity contribution >= 4 is 39.2 Å². The molecule has 0 radical (unpaired) electrons. The SMILES string of the molecule is CC1(C)C(=O)N(c2cc(Cl)cc(C(=O)O)c2)S1(=O)=O. The number of halogens is 1. The van der Waals surface area contributed by atoms with E-state index in [1.165, 1.54) is 26.0 Å². The second-order valence-corrected chi connectivity index (χ2v) is 7.36. The molecule has 0 saturated carbocycles. The van der Waals surface area contributed by atoms with E-state index in [-0.39, 0.29) is 16.3 Å². The average Bonchev–Trinajstić information content (AvgIpc) is 2.27. The number of amides is 1. The second kappa shape index (κ2) is 3.94. The molecule has 0 aliphatic carbocycles. The van der Waals surface area contributed by atoms with Crippen molar-refractivity contribution in [3.63, 3.8) is 0 Å². The summed E-state index contributed by atoms with van der Waals surface area (Å²) in [5.41, 5.74) is -0.246. The zero-order valence-electron chi connectivity index (χ0n) is 10.0. The van der Waals surface area contributed by atoms with Crippen molar-refractivity contribution in [1.29, 1.82) is 0 Å². The molecule has 1 amide bonds. The first-order chi connectivity index (χ1) is 8.59. The molecule has 0 atom stereocenters. The van der Waals surface area contributed by atoms with E-state index in [1.54, 1.807) is 0 Å². The molecule has 1 aromatic rings. The number of benzene rings is 1. The van der Waals surface area contributed by atoms with E-state index in [2.05, 4.69) is 0 Å². The minimum atomic E-state index is -3.83. The molecule has 102 valence electrons. The van der Waals surface area contributed by atoms with Crippen LogP contribution in [-0.4, -0.2) is 30.1 Å². The molecule has 8 heteroatoms. The Morgan fingerprint density at radius 3 is 2.37 bits per heavy atom. The van der Waals surface area contributed by atoms with Crippen LogP contribution < -0.4 is 4.31 Å². The van der Waals surface area contributed by atoms with Gasteiger partial charge in [-0.2, -0.15) is 0 Å². The summed E-state index contributed by atoms with van der Waals surface area (Å²) in [5, 5.41) is 8.94. The van der Waals surface area contributed by atoms with E-state index >= 15 is 0 Å². The molecule has 6 nitrogen and oxygen atoms in total. The molecular weight excluding hydrogens is 294 g/mol. The fourth-order valence-corrected chi connectivity index (χ4v) is 3.42. The summed E-state index contributed by atoms with van der Waals surface area (Å²) in [6, 6.07) is 3.51. The maximum absolute atomic E-state index is 12.0. The number of aromatic carboxylic acids is 1. The number of hydrogen-bond acceptors (Lipinski definition) is 4. The fraction of sp³-hybridized carbons (Fsp3) is 0.273. The first-order valence-electron chi connectivity index (χ1n) is 5.22. The molecule has 1 heterocycles. The third kappa shape index (κ3) is 1.81. The van der Waals surface area contributed by atoms with E-state index in [4.69, 9.17) is 16.7 Å². The van der Waals surface area contributed by atoms with Crippen LogP contribution in [0.25, 0.3) is 0 Å². The van der Waals surface area contributed by atoms with Gasteiger partial charge >= 0.3 is 5.97 Å². The lowest BCUT2D eigenvalue weighted by Gasteiger charge is -2.42. The number of hydrogen-bond donors (Lipinski definition) is 1. The molecule has 1 aliphatic rings. The number of nitrogens with zero attached hydrogens (tertiary/aromatic N) is 1. The highest BCUT2D eigenvalue weighted by atomic mass is 35.5. The zero-order valence-corrected chi connectivity index (χ0v) is 11.6. The molecule has 1 aliphatic heterocycles. The zero-order chi connectivity index (χ0) is 14.6. The van der Waals surface area contributed by atoms with Gasteiger partial charge in [0.2, 0.25) is 0 Å². The van der Waals surface area contributed by atoms with Crippen molar-refractivity contribution in [2.24, 2.45) is 0 Å². The van der Waals surface area contributed by atoms with Crippen LogP contribution in [-0.2, 0) is 14.8 Å². The number of anilines is 1. The van der Waals surface area contributed by atoms with Crippen LogP contribution in [0.5, 0.6) is 0 Å². The molecule has 0 aromatic heterocycles. The van der Waals surface area contributed by atoms with E-state index in [0.29, 0.717) is 4.31 Å². The highest BCUT2D eigenvalue weighted by Gasteiger charge is 2.60. The summed E-state index contributed by atoms with van der Waals surface area (Å²) < 4.78 is 23.1. The van der Waals surface area contributed by atoms with Crippen molar-refractivity contribution in [2.75, 3.05) is 4.31 Å². The standard InChI is InChI=1S/C11H10ClNO5S/c1-11(2)10(16)13(19(11,17)18)8-4-6(9(14)15)3-7(12)5-8/h3-5H,1-2H3,(H,14,15). The first-order valence-corrected chi connectivity index (χ1v) is 7.04. The van der Waals surface area contributed by atoms with Gasteiger partial charge in [-0.1, -0.05) is 11.6 Å². The lowest BCUT2D eigenvalue weighted by atomic mass is 10.1. The quantitative estimate of drug-likeness (QED) is 0.893. The summed E-state index contributed by atoms with van der Waals surface area (Å²) in [6.07, 6.45) is 0. The number of carbonyl (C=O) groups is 2. The molecule has 1 aromatic carbocycles. The van der Waals surface area contributed by atoms with Crippen molar-refractivity contribution in [3.8, 4) is 0 Å². The van der Waals surface area contributed by atoms with Crippen LogP contribution in [0.15, 0.2) is 18.2 Å². The Morgan fingerprint density at radius 2 is 1.89 bits per heavy atom. The van der Waals surface area contributed by atoms with Crippen LogP contribution in [0.1, 0.15) is 24.2 Å². The predicted molar refractivity (Wildman–Crippen MR) is 68.9 cm³/mol. The van der Waals surface area contributed by atoms with Gasteiger partial charge in [0, 0.05) is 5.02 Å². The molecule has 2 rings (SSSR count). The van der Waals surface area contributed by atoms with Gasteiger partial charge in [0.05, 0.1) is 11.3 Å². The van der Waals surface area contributed by atoms with E-state index < -0.39 is 26.6 Å². The lowest BCUT2D eigenvalue weighted by molar-refractivity contribution is -0.120. The smallest absolute Gasteiger partial charge is 0.335 e. The monoisotopic (exact) mass is 303 g/mol. The maximum Gasteiger partial charge on any atom is 0.335 e. The van der Waals surface area contributed by atoms with Crippen molar-refractivity contribution < 1.29 is 23.1 Å². The minimum absolute atomic E-state index is 0.0441. The third-order valence-corrected chi connectivity index (χ3v) is 5.49. The van der Waals surface area contributed by atoms with Gasteiger partial charge in [-0.25, -0.2) is 17.5 Å². The Bertz CT molecular complexity index is 695. The van der Waals surface area contributed by atoms with Crippen LogP contribution in [0.2, 0.25) is 5.02 Å². The Labute approximate surface area is 114 Å². The van der Waals surface area contributed by atoms with Gasteiger partial charge in [-0.05, 0) is 32.0 Å². The second-order valence-electron chi connectivity index (χ2n) is 4.59. The number of carbonyl (C=O) groups excluding carboxylic acids is 1. The molecule has 19 heavy (non-hydrogen) atoms. The van der Waals surface area contributed by atoms with Crippen molar-refractivity contribution in [1.82, 2.24) is 0 Å². The number of carboxylic acids is 1. The van der Waals surface area contributed by atoms with Gasteiger partial charge < -0.3 is 5.11 Å². The Balaban J connectivity index is 2.56.